The molecular formula is C18H20N2O3. The monoisotopic (exact) mass is 312 g/mol. The lowest BCUT2D eigenvalue weighted by Crippen LogP contribution is -2.36. The van der Waals surface area contributed by atoms with Crippen molar-refractivity contribution in [2.24, 2.45) is 0 Å². The minimum atomic E-state index is -1.26. The molecule has 5 heteroatoms. The normalized spacial score (nSPS) is 13.1. The van der Waals surface area contributed by atoms with E-state index in [0.29, 0.717) is 24.4 Å². The molecule has 0 bridgehead atoms. The van der Waals surface area contributed by atoms with E-state index in [1.165, 1.54) is 0 Å². The van der Waals surface area contributed by atoms with E-state index >= 15 is 0 Å². The van der Waals surface area contributed by atoms with Gasteiger partial charge in [-0.05, 0) is 24.6 Å². The third kappa shape index (κ3) is 4.70. The third-order valence-corrected chi connectivity index (χ3v) is 3.66. The molecule has 0 aliphatic heterocycles. The molecule has 5 nitrogen and oxygen atoms in total. The summed E-state index contributed by atoms with van der Waals surface area (Å²) in [6.45, 7) is 2.22. The fourth-order valence-electron chi connectivity index (χ4n) is 2.37. The first-order valence-electron chi connectivity index (χ1n) is 7.48. The van der Waals surface area contributed by atoms with E-state index in [-0.39, 0.29) is 18.7 Å². The topological polar surface area (TPSA) is 77.5 Å². The lowest BCUT2D eigenvalue weighted by molar-refractivity contribution is -0.137. The van der Waals surface area contributed by atoms with Crippen molar-refractivity contribution in [3.8, 4) is 6.07 Å². The summed E-state index contributed by atoms with van der Waals surface area (Å²) in [7, 11) is 0. The minimum Gasteiger partial charge on any atom is -0.467 e. The number of rotatable bonds is 7. The van der Waals surface area contributed by atoms with Crippen LogP contribution in [0.5, 0.6) is 0 Å². The molecule has 1 amide bonds. The molecule has 120 valence electrons. The zero-order valence-corrected chi connectivity index (χ0v) is 13.1. The van der Waals surface area contributed by atoms with Gasteiger partial charge < -0.3 is 14.4 Å². The van der Waals surface area contributed by atoms with Crippen molar-refractivity contribution in [3.63, 3.8) is 0 Å². The second kappa shape index (κ2) is 7.61. The van der Waals surface area contributed by atoms with Crippen LogP contribution in [-0.4, -0.2) is 22.5 Å². The lowest BCUT2D eigenvalue weighted by Gasteiger charge is -2.27. The van der Waals surface area contributed by atoms with Crippen molar-refractivity contribution < 1.29 is 14.3 Å². The Morgan fingerprint density at radius 3 is 2.65 bits per heavy atom. The maximum absolute atomic E-state index is 12.6. The van der Waals surface area contributed by atoms with Crippen LogP contribution in [-0.2, 0) is 16.9 Å². The predicted octanol–water partition coefficient (Wildman–Crippen LogP) is 2.82. The molecule has 0 aliphatic rings. The molecule has 1 N–H and O–H groups in total. The van der Waals surface area contributed by atoms with E-state index in [4.69, 9.17) is 9.68 Å². The molecule has 0 saturated heterocycles. The molecule has 0 spiro atoms. The Balaban J connectivity index is 2.09. The SMILES string of the molecule is CC(O)(CC(=O)N(CCC#N)Cc1ccco1)c1ccccc1. The van der Waals surface area contributed by atoms with Crippen LogP contribution in [0.4, 0.5) is 0 Å². The molecule has 2 rings (SSSR count). The number of furan rings is 1. The van der Waals surface area contributed by atoms with E-state index < -0.39 is 5.60 Å². The Morgan fingerprint density at radius 2 is 2.04 bits per heavy atom. The summed E-state index contributed by atoms with van der Waals surface area (Å²) in [6.07, 6.45) is 1.73. The van der Waals surface area contributed by atoms with E-state index in [1.54, 1.807) is 42.4 Å². The number of benzene rings is 1. The molecule has 1 aromatic carbocycles. The highest BCUT2D eigenvalue weighted by Crippen LogP contribution is 2.25. The summed E-state index contributed by atoms with van der Waals surface area (Å²) in [5.74, 6) is 0.432. The van der Waals surface area contributed by atoms with E-state index in [9.17, 15) is 9.90 Å². The number of nitriles is 1. The molecule has 0 radical (unpaired) electrons. The smallest absolute Gasteiger partial charge is 0.226 e. The Hall–Kier alpha value is -2.58. The summed E-state index contributed by atoms with van der Waals surface area (Å²) in [5, 5.41) is 19.4. The lowest BCUT2D eigenvalue weighted by atomic mass is 9.92. The Morgan fingerprint density at radius 1 is 1.30 bits per heavy atom. The van der Waals surface area contributed by atoms with Gasteiger partial charge in [0.25, 0.3) is 0 Å². The highest BCUT2D eigenvalue weighted by atomic mass is 16.3. The average molecular weight is 312 g/mol. The van der Waals surface area contributed by atoms with Gasteiger partial charge in [0.05, 0.1) is 37.3 Å². The van der Waals surface area contributed by atoms with Gasteiger partial charge in [-0.2, -0.15) is 5.26 Å². The molecule has 1 unspecified atom stereocenters. The Labute approximate surface area is 135 Å². The summed E-state index contributed by atoms with van der Waals surface area (Å²) < 4.78 is 5.27. The van der Waals surface area contributed by atoms with Gasteiger partial charge in [0.2, 0.25) is 5.91 Å². The van der Waals surface area contributed by atoms with E-state index in [1.807, 2.05) is 24.3 Å². The van der Waals surface area contributed by atoms with E-state index in [2.05, 4.69) is 0 Å². The molecule has 0 aliphatic carbocycles. The maximum atomic E-state index is 12.6. The molecule has 1 atom stereocenters. The van der Waals surface area contributed by atoms with Crippen molar-refractivity contribution in [2.75, 3.05) is 6.54 Å². The van der Waals surface area contributed by atoms with Gasteiger partial charge >= 0.3 is 0 Å². The van der Waals surface area contributed by atoms with Crippen LogP contribution in [0, 0.1) is 11.3 Å². The zero-order chi connectivity index (χ0) is 16.7. The van der Waals surface area contributed by atoms with Gasteiger partial charge in [0.1, 0.15) is 5.76 Å². The van der Waals surface area contributed by atoms with Gasteiger partial charge in [0.15, 0.2) is 0 Å². The molecule has 0 saturated carbocycles. The summed E-state index contributed by atoms with van der Waals surface area (Å²) >= 11 is 0. The van der Waals surface area contributed by atoms with Gasteiger partial charge in [-0.25, -0.2) is 0 Å². The van der Waals surface area contributed by atoms with E-state index in [0.717, 1.165) is 0 Å². The fourth-order valence-corrected chi connectivity index (χ4v) is 2.37. The number of hydrogen-bond acceptors (Lipinski definition) is 4. The zero-order valence-electron chi connectivity index (χ0n) is 13.1. The highest BCUT2D eigenvalue weighted by molar-refractivity contribution is 5.77. The number of amides is 1. The number of nitrogens with zero attached hydrogens (tertiary/aromatic N) is 2. The quantitative estimate of drug-likeness (QED) is 0.853. The second-order valence-electron chi connectivity index (χ2n) is 5.62. The molecule has 1 heterocycles. The van der Waals surface area contributed by atoms with Crippen molar-refractivity contribution in [1.82, 2.24) is 4.90 Å². The van der Waals surface area contributed by atoms with Gasteiger partial charge in [-0.15, -0.1) is 0 Å². The summed E-state index contributed by atoms with van der Waals surface area (Å²) in [6, 6.07) is 14.7. The Bertz CT molecular complexity index is 657. The van der Waals surface area contributed by atoms with Crippen LogP contribution < -0.4 is 0 Å². The molecule has 1 aromatic heterocycles. The number of carbonyl (C=O) groups excluding carboxylic acids is 1. The largest absolute Gasteiger partial charge is 0.467 e. The van der Waals surface area contributed by atoms with Crippen LogP contribution in [0.15, 0.2) is 53.1 Å². The van der Waals surface area contributed by atoms with Crippen LogP contribution in [0.2, 0.25) is 0 Å². The third-order valence-electron chi connectivity index (χ3n) is 3.66. The standard InChI is InChI=1S/C18H20N2O3/c1-18(22,15-7-3-2-4-8-15)13-17(21)20(11-6-10-19)14-16-9-5-12-23-16/h2-5,7-9,12,22H,6,11,13-14H2,1H3. The fraction of sp³-hybridized carbons (Fsp3) is 0.333. The Kier molecular flexibility index (Phi) is 5.56. The predicted molar refractivity (Wildman–Crippen MR) is 85.0 cm³/mol. The first-order chi connectivity index (χ1) is 11.0. The summed E-state index contributed by atoms with van der Waals surface area (Å²) in [5.41, 5.74) is -0.571. The molecule has 23 heavy (non-hydrogen) atoms. The second-order valence-corrected chi connectivity index (χ2v) is 5.62. The summed E-state index contributed by atoms with van der Waals surface area (Å²) in [4.78, 5) is 14.1. The molecular weight excluding hydrogens is 292 g/mol. The van der Waals surface area contributed by atoms with Gasteiger partial charge in [-0.1, -0.05) is 30.3 Å². The number of aliphatic hydroxyl groups is 1. The van der Waals surface area contributed by atoms with Gasteiger partial charge in [-0.3, -0.25) is 4.79 Å². The van der Waals surface area contributed by atoms with Crippen LogP contribution in [0.1, 0.15) is 31.1 Å². The minimum absolute atomic E-state index is 0.0524. The number of carbonyl (C=O) groups is 1. The molecule has 2 aromatic rings. The first kappa shape index (κ1) is 16.8. The van der Waals surface area contributed by atoms with Gasteiger partial charge in [0, 0.05) is 6.54 Å². The van der Waals surface area contributed by atoms with Crippen LogP contribution >= 0.6 is 0 Å². The van der Waals surface area contributed by atoms with Crippen LogP contribution in [0.25, 0.3) is 0 Å². The first-order valence-corrected chi connectivity index (χ1v) is 7.48. The number of hydrogen-bond donors (Lipinski definition) is 1. The maximum Gasteiger partial charge on any atom is 0.226 e. The van der Waals surface area contributed by atoms with Crippen molar-refractivity contribution in [2.45, 2.75) is 31.9 Å². The highest BCUT2D eigenvalue weighted by Gasteiger charge is 2.29. The average Bonchev–Trinajstić information content (AvgIpc) is 3.05. The van der Waals surface area contributed by atoms with Crippen molar-refractivity contribution in [1.29, 1.82) is 5.26 Å². The van der Waals surface area contributed by atoms with Crippen molar-refractivity contribution in [3.05, 3.63) is 60.1 Å². The molecule has 0 fully saturated rings. The van der Waals surface area contributed by atoms with Crippen LogP contribution in [0.3, 0.4) is 0 Å². The van der Waals surface area contributed by atoms with Crippen molar-refractivity contribution >= 4 is 5.91 Å².